The molecule has 1 aromatic carbocycles. The fourth-order valence-electron chi connectivity index (χ4n) is 3.29. The highest BCUT2D eigenvalue weighted by Gasteiger charge is 2.39. The van der Waals surface area contributed by atoms with Crippen LogP contribution in [0.1, 0.15) is 47.0 Å². The molecule has 0 radical (unpaired) electrons. The predicted molar refractivity (Wildman–Crippen MR) is 111 cm³/mol. The van der Waals surface area contributed by atoms with Crippen LogP contribution in [-0.2, 0) is 28.8 Å². The standard InChI is InChI=1S/C20H27NO6S2/c1-5-13(2)25-18(22)11-14-10-15(27-20(3,4)26-14)12-29(23,24)19-21-16-8-6-7-9-17(16)28-19/h6-9,13-15H,5,10-12H2,1-4H3/t13?,14-,15+/m1/s1. The molecule has 3 atom stereocenters. The van der Waals surface area contributed by atoms with Crippen LogP contribution >= 0.6 is 11.3 Å². The molecule has 29 heavy (non-hydrogen) atoms. The fraction of sp³-hybridized carbons (Fsp3) is 0.600. The normalized spacial score (nSPS) is 23.0. The maximum Gasteiger partial charge on any atom is 0.308 e. The van der Waals surface area contributed by atoms with Crippen molar-refractivity contribution < 1.29 is 27.4 Å². The molecule has 0 aliphatic carbocycles. The first-order chi connectivity index (χ1) is 13.6. The number of hydrogen-bond donors (Lipinski definition) is 0. The molecule has 9 heteroatoms. The van der Waals surface area contributed by atoms with E-state index in [1.165, 1.54) is 0 Å². The van der Waals surface area contributed by atoms with Crippen molar-refractivity contribution in [1.82, 2.24) is 4.98 Å². The number of sulfone groups is 1. The first kappa shape index (κ1) is 22.1. The molecular formula is C20H27NO6S2. The first-order valence-corrected chi connectivity index (χ1v) is 12.2. The largest absolute Gasteiger partial charge is 0.463 e. The number of fused-ring (bicyclic) bond motifs is 1. The first-order valence-electron chi connectivity index (χ1n) is 9.71. The third kappa shape index (κ3) is 5.75. The number of para-hydroxylation sites is 1. The van der Waals surface area contributed by atoms with Gasteiger partial charge in [0.05, 0.1) is 40.7 Å². The average molecular weight is 442 g/mol. The Hall–Kier alpha value is -1.55. The molecule has 2 aromatic rings. The lowest BCUT2D eigenvalue weighted by Gasteiger charge is -2.40. The van der Waals surface area contributed by atoms with Gasteiger partial charge in [-0.05, 0) is 39.3 Å². The van der Waals surface area contributed by atoms with Gasteiger partial charge in [-0.25, -0.2) is 13.4 Å². The van der Waals surface area contributed by atoms with Crippen LogP contribution in [-0.4, -0.2) is 49.2 Å². The zero-order chi connectivity index (χ0) is 21.2. The van der Waals surface area contributed by atoms with Gasteiger partial charge < -0.3 is 14.2 Å². The number of thiazole rings is 1. The van der Waals surface area contributed by atoms with Crippen LogP contribution in [0.2, 0.25) is 0 Å². The Labute approximate surface area is 175 Å². The van der Waals surface area contributed by atoms with Crippen molar-refractivity contribution in [2.24, 2.45) is 0 Å². The van der Waals surface area contributed by atoms with E-state index in [0.717, 1.165) is 22.5 Å². The molecule has 0 saturated carbocycles. The van der Waals surface area contributed by atoms with Gasteiger partial charge in [-0.3, -0.25) is 4.79 Å². The third-order valence-corrected chi connectivity index (χ3v) is 7.95. The highest BCUT2D eigenvalue weighted by atomic mass is 32.2. The fourth-order valence-corrected chi connectivity index (χ4v) is 6.04. The number of ether oxygens (including phenoxy) is 3. The summed E-state index contributed by atoms with van der Waals surface area (Å²) in [6.45, 7) is 7.21. The number of rotatable bonds is 7. The molecule has 7 nitrogen and oxygen atoms in total. The topological polar surface area (TPSA) is 91.8 Å². The van der Waals surface area contributed by atoms with Gasteiger partial charge in [0, 0.05) is 6.42 Å². The van der Waals surface area contributed by atoms with E-state index in [1.54, 1.807) is 19.9 Å². The second-order valence-corrected chi connectivity index (χ2v) is 11.0. The maximum atomic E-state index is 12.9. The van der Waals surface area contributed by atoms with Crippen molar-refractivity contribution in [3.8, 4) is 0 Å². The summed E-state index contributed by atoms with van der Waals surface area (Å²) in [5.74, 6) is -1.56. The van der Waals surface area contributed by atoms with Gasteiger partial charge >= 0.3 is 5.97 Å². The van der Waals surface area contributed by atoms with Crippen LogP contribution < -0.4 is 0 Å². The zero-order valence-electron chi connectivity index (χ0n) is 17.1. The van der Waals surface area contributed by atoms with Gasteiger partial charge in [-0.15, -0.1) is 11.3 Å². The zero-order valence-corrected chi connectivity index (χ0v) is 18.7. The Balaban J connectivity index is 1.70. The summed E-state index contributed by atoms with van der Waals surface area (Å²) in [6, 6.07) is 7.31. The van der Waals surface area contributed by atoms with Gasteiger partial charge in [0.15, 0.2) is 5.79 Å². The van der Waals surface area contributed by atoms with E-state index in [1.807, 2.05) is 32.0 Å². The minimum absolute atomic E-state index is 0.0643. The number of carbonyl (C=O) groups excluding carboxylic acids is 1. The van der Waals surface area contributed by atoms with Crippen LogP contribution in [0.5, 0.6) is 0 Å². The van der Waals surface area contributed by atoms with E-state index < -0.39 is 27.8 Å². The molecule has 1 unspecified atom stereocenters. The molecule has 1 saturated heterocycles. The monoisotopic (exact) mass is 441 g/mol. The molecule has 1 aromatic heterocycles. The quantitative estimate of drug-likeness (QED) is 0.605. The van der Waals surface area contributed by atoms with Gasteiger partial charge in [0.25, 0.3) is 0 Å². The predicted octanol–water partition coefficient (Wildman–Crippen LogP) is 3.71. The molecule has 0 spiro atoms. The number of esters is 1. The molecule has 160 valence electrons. The Morgan fingerprint density at radius 3 is 2.69 bits per heavy atom. The Morgan fingerprint density at radius 1 is 1.31 bits per heavy atom. The van der Waals surface area contributed by atoms with Crippen molar-refractivity contribution in [3.05, 3.63) is 24.3 Å². The third-order valence-electron chi connectivity index (χ3n) is 4.67. The highest BCUT2D eigenvalue weighted by molar-refractivity contribution is 7.93. The molecular weight excluding hydrogens is 414 g/mol. The summed E-state index contributed by atoms with van der Waals surface area (Å²) in [7, 11) is -3.64. The second kappa shape index (κ2) is 8.67. The van der Waals surface area contributed by atoms with E-state index in [9.17, 15) is 13.2 Å². The van der Waals surface area contributed by atoms with Crippen molar-refractivity contribution in [1.29, 1.82) is 0 Å². The van der Waals surface area contributed by atoms with Crippen LogP contribution in [0.25, 0.3) is 10.2 Å². The van der Waals surface area contributed by atoms with Gasteiger partial charge in [0.1, 0.15) is 0 Å². The molecule has 1 aliphatic rings. The minimum Gasteiger partial charge on any atom is -0.463 e. The van der Waals surface area contributed by atoms with Gasteiger partial charge in [-0.2, -0.15) is 0 Å². The van der Waals surface area contributed by atoms with Crippen molar-refractivity contribution in [3.63, 3.8) is 0 Å². The second-order valence-electron chi connectivity index (χ2n) is 7.76. The molecule has 3 rings (SSSR count). The smallest absolute Gasteiger partial charge is 0.308 e. The summed E-state index contributed by atoms with van der Waals surface area (Å²) >= 11 is 1.15. The van der Waals surface area contributed by atoms with Crippen LogP contribution in [0.15, 0.2) is 28.6 Å². The summed E-state index contributed by atoms with van der Waals surface area (Å²) in [5, 5.41) is 0. The maximum absolute atomic E-state index is 12.9. The summed E-state index contributed by atoms with van der Waals surface area (Å²) < 4.78 is 43.8. The number of benzene rings is 1. The van der Waals surface area contributed by atoms with E-state index >= 15 is 0 Å². The van der Waals surface area contributed by atoms with Crippen LogP contribution in [0.4, 0.5) is 0 Å². The number of aromatic nitrogens is 1. The van der Waals surface area contributed by atoms with Crippen molar-refractivity contribution >= 4 is 37.4 Å². The van der Waals surface area contributed by atoms with Crippen molar-refractivity contribution in [2.45, 2.75) is 75.4 Å². The van der Waals surface area contributed by atoms with E-state index in [2.05, 4.69) is 4.98 Å². The summed E-state index contributed by atoms with van der Waals surface area (Å²) in [5.41, 5.74) is 0.662. The van der Waals surface area contributed by atoms with Gasteiger partial charge in [-0.1, -0.05) is 19.1 Å². The van der Waals surface area contributed by atoms with E-state index in [0.29, 0.717) is 11.9 Å². The minimum atomic E-state index is -3.64. The lowest BCUT2D eigenvalue weighted by Crippen LogP contribution is -2.47. The number of nitrogens with zero attached hydrogens (tertiary/aromatic N) is 1. The Kier molecular flexibility index (Phi) is 6.62. The number of carbonyl (C=O) groups is 1. The molecule has 2 heterocycles. The summed E-state index contributed by atoms with van der Waals surface area (Å²) in [6.07, 6.45) is -0.138. The van der Waals surface area contributed by atoms with Crippen LogP contribution in [0, 0.1) is 0 Å². The lowest BCUT2D eigenvalue weighted by atomic mass is 10.1. The van der Waals surface area contributed by atoms with Gasteiger partial charge in [0.2, 0.25) is 14.2 Å². The molecule has 0 amide bonds. The average Bonchev–Trinajstić information content (AvgIpc) is 3.04. The lowest BCUT2D eigenvalue weighted by molar-refractivity contribution is -0.295. The molecule has 0 bridgehead atoms. The molecule has 0 N–H and O–H groups in total. The SMILES string of the molecule is CCC(C)OC(=O)C[C@H]1C[C@@H](CS(=O)(=O)c2nc3ccccc3s2)OC(C)(C)O1. The molecule has 1 fully saturated rings. The summed E-state index contributed by atoms with van der Waals surface area (Å²) in [4.78, 5) is 16.4. The Morgan fingerprint density at radius 2 is 2.00 bits per heavy atom. The van der Waals surface area contributed by atoms with E-state index in [-0.39, 0.29) is 28.6 Å². The number of hydrogen-bond acceptors (Lipinski definition) is 8. The molecule has 1 aliphatic heterocycles. The highest BCUT2D eigenvalue weighted by Crippen LogP contribution is 2.32. The Bertz CT molecular complexity index is 935. The van der Waals surface area contributed by atoms with Crippen LogP contribution in [0.3, 0.4) is 0 Å². The van der Waals surface area contributed by atoms with E-state index in [4.69, 9.17) is 14.2 Å². The van der Waals surface area contributed by atoms with Crippen molar-refractivity contribution in [2.75, 3.05) is 5.75 Å².